The van der Waals surface area contributed by atoms with Crippen LogP contribution < -0.4 is 0 Å². The number of benzene rings is 11. The average Bonchev–Trinajstić information content (AvgIpc) is 4.32. The molecule has 76 heavy (non-hydrogen) atoms. The summed E-state index contributed by atoms with van der Waals surface area (Å²) in [4.78, 5) is 15.6. The number of furan rings is 2. The maximum atomic E-state index is 6.75. The van der Waals surface area contributed by atoms with Crippen molar-refractivity contribution in [2.45, 2.75) is 0 Å². The van der Waals surface area contributed by atoms with E-state index in [-0.39, 0.29) is 0 Å². The monoisotopic (exact) mass is 971 g/mol. The van der Waals surface area contributed by atoms with Gasteiger partial charge in [-0.25, -0.2) is 15.0 Å². The molecule has 0 bridgehead atoms. The molecule has 0 saturated heterocycles. The molecule has 16 aromatic rings. The fraction of sp³-hybridized carbons (Fsp3) is 0. The number of hydrogen-bond acceptors (Lipinski definition) is 5. The van der Waals surface area contributed by atoms with Gasteiger partial charge in [0, 0.05) is 77.2 Å². The van der Waals surface area contributed by atoms with Gasteiger partial charge in [0.15, 0.2) is 17.5 Å². The van der Waals surface area contributed by atoms with Gasteiger partial charge in [-0.3, -0.25) is 0 Å². The highest BCUT2D eigenvalue weighted by Crippen LogP contribution is 2.42. The van der Waals surface area contributed by atoms with Gasteiger partial charge in [0.2, 0.25) is 0 Å². The zero-order valence-corrected chi connectivity index (χ0v) is 40.7. The summed E-state index contributed by atoms with van der Waals surface area (Å²) in [6.45, 7) is 0. The Bertz CT molecular complexity index is 4940. The van der Waals surface area contributed by atoms with E-state index in [1.807, 2.05) is 42.5 Å². The van der Waals surface area contributed by atoms with Gasteiger partial charge in [0.1, 0.15) is 22.3 Å². The van der Waals surface area contributed by atoms with Gasteiger partial charge in [-0.1, -0.05) is 152 Å². The van der Waals surface area contributed by atoms with Gasteiger partial charge in [-0.05, 0) is 113 Å². The molecular formula is C69H41N5O2. The van der Waals surface area contributed by atoms with E-state index in [2.05, 4.69) is 215 Å². The van der Waals surface area contributed by atoms with Gasteiger partial charge < -0.3 is 18.0 Å². The molecule has 7 nitrogen and oxygen atoms in total. The van der Waals surface area contributed by atoms with E-state index >= 15 is 0 Å². The van der Waals surface area contributed by atoms with E-state index in [0.717, 1.165) is 105 Å². The lowest BCUT2D eigenvalue weighted by molar-refractivity contribution is 0.668. The maximum absolute atomic E-state index is 6.75. The van der Waals surface area contributed by atoms with Gasteiger partial charge in [-0.15, -0.1) is 0 Å². The summed E-state index contributed by atoms with van der Waals surface area (Å²) < 4.78 is 18.2. The molecule has 0 radical (unpaired) electrons. The van der Waals surface area contributed by atoms with Gasteiger partial charge in [0.25, 0.3) is 0 Å². The van der Waals surface area contributed by atoms with Crippen LogP contribution in [0.5, 0.6) is 0 Å². The highest BCUT2D eigenvalue weighted by Gasteiger charge is 2.21. The van der Waals surface area contributed by atoms with Crippen molar-refractivity contribution in [2.24, 2.45) is 0 Å². The van der Waals surface area contributed by atoms with Gasteiger partial charge >= 0.3 is 0 Å². The van der Waals surface area contributed by atoms with Crippen LogP contribution in [0.25, 0.3) is 155 Å². The summed E-state index contributed by atoms with van der Waals surface area (Å²) in [5.41, 5.74) is 17.0. The molecule has 0 N–H and O–H groups in total. The Hall–Kier alpha value is -10.4. The third-order valence-electron chi connectivity index (χ3n) is 15.2. The Balaban J connectivity index is 0.806. The SMILES string of the molecule is c1ccc(-c2ccc3c(c2)c2cc(-c4ccc5c(c4)oc4cccc(-c6nc(-c7ccccc7)nc(-c7ccc8c(c7)oc7cc(-n9c%10ccccc%10c%10ccccc%109)ccc78)n6)c45)ccc2n3-c2ccccc2)cc1. The minimum atomic E-state index is 0.546. The van der Waals surface area contributed by atoms with Crippen molar-refractivity contribution in [2.75, 3.05) is 0 Å². The van der Waals surface area contributed by atoms with Crippen molar-refractivity contribution < 1.29 is 8.83 Å². The zero-order chi connectivity index (χ0) is 49.8. The van der Waals surface area contributed by atoms with Crippen LogP contribution in [0.15, 0.2) is 258 Å². The zero-order valence-electron chi connectivity index (χ0n) is 40.7. The van der Waals surface area contributed by atoms with E-state index in [1.165, 1.54) is 32.7 Å². The minimum Gasteiger partial charge on any atom is -0.456 e. The topological polar surface area (TPSA) is 74.8 Å². The highest BCUT2D eigenvalue weighted by molar-refractivity contribution is 6.15. The minimum absolute atomic E-state index is 0.546. The first-order chi connectivity index (χ1) is 37.6. The van der Waals surface area contributed by atoms with Crippen molar-refractivity contribution in [3.63, 3.8) is 0 Å². The van der Waals surface area contributed by atoms with E-state index in [4.69, 9.17) is 23.8 Å². The fourth-order valence-corrected chi connectivity index (χ4v) is 11.6. The fourth-order valence-electron chi connectivity index (χ4n) is 11.6. The number of nitrogens with zero attached hydrogens (tertiary/aromatic N) is 5. The number of hydrogen-bond donors (Lipinski definition) is 0. The molecule has 354 valence electrons. The smallest absolute Gasteiger partial charge is 0.164 e. The lowest BCUT2D eigenvalue weighted by atomic mass is 9.99. The standard InChI is InChI=1S/C69H41N5O2/c1-4-15-42(16-5-1)44-29-35-60-56(37-44)57-38-45(30-36-61(57)73(60)48-19-8-3-9-20-48)46-27-33-54-64(39-46)75-62-26-14-23-55(66(54)62)69-71-67(43-17-6-2-7-18-43)70-68(72-69)47-28-32-52-53-34-31-49(41-65(53)76-63(52)40-47)74-58-24-12-10-21-50(58)51-22-11-13-25-59(51)74/h1-41H. The summed E-state index contributed by atoms with van der Waals surface area (Å²) in [5.74, 6) is 1.68. The Labute approximate surface area is 434 Å². The molecular weight excluding hydrogens is 931 g/mol. The van der Waals surface area contributed by atoms with Crippen molar-refractivity contribution in [3.8, 4) is 67.8 Å². The predicted octanol–water partition coefficient (Wildman–Crippen LogP) is 18.2. The summed E-state index contributed by atoms with van der Waals surface area (Å²) in [6, 6.07) is 87.4. The van der Waals surface area contributed by atoms with Crippen molar-refractivity contribution in [1.82, 2.24) is 24.1 Å². The van der Waals surface area contributed by atoms with Crippen molar-refractivity contribution in [1.29, 1.82) is 0 Å². The van der Waals surface area contributed by atoms with Crippen LogP contribution >= 0.6 is 0 Å². The largest absolute Gasteiger partial charge is 0.456 e. The summed E-state index contributed by atoms with van der Waals surface area (Å²) in [7, 11) is 0. The highest BCUT2D eigenvalue weighted by atomic mass is 16.3. The van der Waals surface area contributed by atoms with Crippen molar-refractivity contribution >= 4 is 87.5 Å². The Morgan fingerprint density at radius 1 is 0.250 bits per heavy atom. The molecule has 0 saturated carbocycles. The molecule has 0 aliphatic heterocycles. The van der Waals surface area contributed by atoms with Gasteiger partial charge in [-0.2, -0.15) is 0 Å². The van der Waals surface area contributed by atoms with Crippen LogP contribution in [-0.2, 0) is 0 Å². The third-order valence-corrected chi connectivity index (χ3v) is 15.2. The molecule has 0 unspecified atom stereocenters. The lowest BCUT2D eigenvalue weighted by Gasteiger charge is -2.09. The average molecular weight is 972 g/mol. The lowest BCUT2D eigenvalue weighted by Crippen LogP contribution is -2.00. The summed E-state index contributed by atoms with van der Waals surface area (Å²) in [5, 5.41) is 8.82. The van der Waals surface area contributed by atoms with E-state index < -0.39 is 0 Å². The number of fused-ring (bicyclic) bond motifs is 12. The van der Waals surface area contributed by atoms with E-state index in [0.29, 0.717) is 17.5 Å². The molecule has 5 heterocycles. The molecule has 0 fully saturated rings. The van der Waals surface area contributed by atoms with Gasteiger partial charge in [0.05, 0.1) is 22.1 Å². The van der Waals surface area contributed by atoms with E-state index in [1.54, 1.807) is 0 Å². The van der Waals surface area contributed by atoms with Crippen LogP contribution in [0.1, 0.15) is 0 Å². The van der Waals surface area contributed by atoms with Crippen LogP contribution in [0.3, 0.4) is 0 Å². The first kappa shape index (κ1) is 42.2. The molecule has 5 aromatic heterocycles. The number of rotatable bonds is 7. The molecule has 0 amide bonds. The Kier molecular flexibility index (Phi) is 9.20. The first-order valence-corrected chi connectivity index (χ1v) is 25.6. The van der Waals surface area contributed by atoms with Crippen LogP contribution in [0.4, 0.5) is 0 Å². The number of para-hydroxylation sites is 3. The second-order valence-corrected chi connectivity index (χ2v) is 19.5. The summed E-state index contributed by atoms with van der Waals surface area (Å²) >= 11 is 0. The van der Waals surface area contributed by atoms with E-state index in [9.17, 15) is 0 Å². The van der Waals surface area contributed by atoms with Crippen LogP contribution in [-0.4, -0.2) is 24.1 Å². The molecule has 0 aliphatic carbocycles. The maximum Gasteiger partial charge on any atom is 0.164 e. The second kappa shape index (κ2) is 16.6. The molecule has 0 atom stereocenters. The quantitative estimate of drug-likeness (QED) is 0.159. The predicted molar refractivity (Wildman–Crippen MR) is 310 cm³/mol. The molecule has 0 spiro atoms. The third kappa shape index (κ3) is 6.59. The number of aromatic nitrogens is 5. The molecule has 7 heteroatoms. The van der Waals surface area contributed by atoms with Crippen LogP contribution in [0, 0.1) is 0 Å². The normalized spacial score (nSPS) is 11.9. The summed E-state index contributed by atoms with van der Waals surface area (Å²) in [6.07, 6.45) is 0. The first-order valence-electron chi connectivity index (χ1n) is 25.6. The Morgan fingerprint density at radius 2 is 0.724 bits per heavy atom. The molecule has 0 aliphatic rings. The second-order valence-electron chi connectivity index (χ2n) is 19.5. The van der Waals surface area contributed by atoms with Crippen molar-refractivity contribution in [3.05, 3.63) is 249 Å². The van der Waals surface area contributed by atoms with Crippen LogP contribution in [0.2, 0.25) is 0 Å². The molecule has 11 aromatic carbocycles. The Morgan fingerprint density at radius 3 is 1.43 bits per heavy atom. The molecule has 16 rings (SSSR count).